The van der Waals surface area contributed by atoms with Crippen LogP contribution in [0.2, 0.25) is 0 Å². The van der Waals surface area contributed by atoms with Gasteiger partial charge < -0.3 is 4.74 Å². The molecule has 0 bridgehead atoms. The Balaban J connectivity index is 1.63. The van der Waals surface area contributed by atoms with E-state index in [1.54, 1.807) is 0 Å². The molecule has 0 saturated carbocycles. The summed E-state index contributed by atoms with van der Waals surface area (Å²) < 4.78 is 6.05. The predicted octanol–water partition coefficient (Wildman–Crippen LogP) is 4.00. The van der Waals surface area contributed by atoms with Gasteiger partial charge in [-0.15, -0.1) is 0 Å². The van der Waals surface area contributed by atoms with E-state index < -0.39 is 0 Å². The lowest BCUT2D eigenvalue weighted by Gasteiger charge is -2.37. The molecule has 2 atom stereocenters. The summed E-state index contributed by atoms with van der Waals surface area (Å²) in [7, 11) is 0. The lowest BCUT2D eigenvalue weighted by atomic mass is 10.0. The molecule has 0 amide bonds. The summed E-state index contributed by atoms with van der Waals surface area (Å²) in [6.45, 7) is 3.96. The van der Waals surface area contributed by atoms with Crippen LogP contribution in [0.25, 0.3) is 0 Å². The second kappa shape index (κ2) is 6.21. The number of benzene rings is 2. The van der Waals surface area contributed by atoms with Gasteiger partial charge in [-0.25, -0.2) is 0 Å². The van der Waals surface area contributed by atoms with E-state index in [0.717, 1.165) is 13.0 Å². The highest BCUT2D eigenvalue weighted by Gasteiger charge is 2.26. The standard InChI is InChI=1S/C18H21NO/c1-15-12-18(17-10-6-3-7-11-17)20-14-19(15)13-16-8-4-2-5-9-16/h2-11,15,18H,12-14H2,1H3/t15-,18+/m1/s1. The molecule has 0 aliphatic carbocycles. The van der Waals surface area contributed by atoms with Gasteiger partial charge in [-0.05, 0) is 24.5 Å². The fraction of sp³-hybridized carbons (Fsp3) is 0.333. The van der Waals surface area contributed by atoms with Gasteiger partial charge in [0.15, 0.2) is 0 Å². The summed E-state index contributed by atoms with van der Waals surface area (Å²) in [6, 6.07) is 21.7. The van der Waals surface area contributed by atoms with Crippen molar-refractivity contribution in [2.45, 2.75) is 32.0 Å². The van der Waals surface area contributed by atoms with Crippen LogP contribution in [0.3, 0.4) is 0 Å². The highest BCUT2D eigenvalue weighted by molar-refractivity contribution is 5.18. The molecule has 2 nitrogen and oxygen atoms in total. The Morgan fingerprint density at radius 1 is 1.00 bits per heavy atom. The summed E-state index contributed by atoms with van der Waals surface area (Å²) in [6.07, 6.45) is 1.29. The average molecular weight is 267 g/mol. The molecule has 2 heteroatoms. The Kier molecular flexibility index (Phi) is 4.14. The topological polar surface area (TPSA) is 12.5 Å². The van der Waals surface area contributed by atoms with Crippen LogP contribution in [0.4, 0.5) is 0 Å². The minimum absolute atomic E-state index is 0.234. The molecule has 0 N–H and O–H groups in total. The van der Waals surface area contributed by atoms with Crippen molar-refractivity contribution in [3.63, 3.8) is 0 Å². The largest absolute Gasteiger partial charge is 0.358 e. The molecule has 1 aliphatic rings. The first-order valence-corrected chi connectivity index (χ1v) is 7.27. The maximum absolute atomic E-state index is 6.05. The molecular formula is C18H21NO. The van der Waals surface area contributed by atoms with E-state index in [0.29, 0.717) is 12.8 Å². The maximum Gasteiger partial charge on any atom is 0.100 e. The molecule has 3 rings (SSSR count). The number of hydrogen-bond acceptors (Lipinski definition) is 2. The van der Waals surface area contributed by atoms with Crippen LogP contribution in [0.5, 0.6) is 0 Å². The predicted molar refractivity (Wildman–Crippen MR) is 81.2 cm³/mol. The molecule has 104 valence electrons. The molecular weight excluding hydrogens is 246 g/mol. The Labute approximate surface area is 121 Å². The summed E-state index contributed by atoms with van der Waals surface area (Å²) in [5.74, 6) is 0. The van der Waals surface area contributed by atoms with Crippen molar-refractivity contribution >= 4 is 0 Å². The molecule has 0 radical (unpaired) electrons. The van der Waals surface area contributed by atoms with E-state index in [-0.39, 0.29) is 6.10 Å². The zero-order valence-corrected chi connectivity index (χ0v) is 11.9. The highest BCUT2D eigenvalue weighted by atomic mass is 16.5. The van der Waals surface area contributed by atoms with Crippen LogP contribution < -0.4 is 0 Å². The molecule has 0 spiro atoms. The van der Waals surface area contributed by atoms with E-state index >= 15 is 0 Å². The van der Waals surface area contributed by atoms with Gasteiger partial charge in [0, 0.05) is 12.6 Å². The average Bonchev–Trinajstić information content (AvgIpc) is 2.51. The zero-order chi connectivity index (χ0) is 13.8. The third kappa shape index (κ3) is 3.09. The van der Waals surface area contributed by atoms with Crippen LogP contribution in [-0.2, 0) is 11.3 Å². The molecule has 0 unspecified atom stereocenters. The molecule has 1 saturated heterocycles. The van der Waals surface area contributed by atoms with E-state index in [1.165, 1.54) is 11.1 Å². The Morgan fingerprint density at radius 3 is 2.30 bits per heavy atom. The van der Waals surface area contributed by atoms with Crippen LogP contribution in [0.15, 0.2) is 60.7 Å². The van der Waals surface area contributed by atoms with Crippen molar-refractivity contribution in [2.75, 3.05) is 6.73 Å². The summed E-state index contributed by atoms with van der Waals surface area (Å²) in [4.78, 5) is 2.40. The number of nitrogens with zero attached hydrogens (tertiary/aromatic N) is 1. The fourth-order valence-electron chi connectivity index (χ4n) is 2.76. The lowest BCUT2D eigenvalue weighted by molar-refractivity contribution is -0.0983. The molecule has 2 aromatic rings. The SMILES string of the molecule is C[C@@H]1C[C@@H](c2ccccc2)OCN1Cc1ccccc1. The van der Waals surface area contributed by atoms with Gasteiger partial charge in [0.25, 0.3) is 0 Å². The normalized spacial score (nSPS) is 23.6. The minimum atomic E-state index is 0.234. The smallest absolute Gasteiger partial charge is 0.100 e. The molecule has 1 fully saturated rings. The second-order valence-corrected chi connectivity index (χ2v) is 5.51. The van der Waals surface area contributed by atoms with Gasteiger partial charge in [0.2, 0.25) is 0 Å². The van der Waals surface area contributed by atoms with Crippen LogP contribution in [-0.4, -0.2) is 17.7 Å². The minimum Gasteiger partial charge on any atom is -0.358 e. The zero-order valence-electron chi connectivity index (χ0n) is 11.9. The van der Waals surface area contributed by atoms with E-state index in [1.807, 2.05) is 0 Å². The van der Waals surface area contributed by atoms with Crippen molar-refractivity contribution in [1.82, 2.24) is 4.90 Å². The van der Waals surface area contributed by atoms with Crippen molar-refractivity contribution in [3.05, 3.63) is 71.8 Å². The fourth-order valence-corrected chi connectivity index (χ4v) is 2.76. The third-order valence-corrected chi connectivity index (χ3v) is 4.02. The lowest BCUT2D eigenvalue weighted by Crippen LogP contribution is -2.40. The van der Waals surface area contributed by atoms with Gasteiger partial charge in [-0.3, -0.25) is 4.90 Å². The first-order valence-electron chi connectivity index (χ1n) is 7.27. The van der Waals surface area contributed by atoms with E-state index in [9.17, 15) is 0 Å². The monoisotopic (exact) mass is 267 g/mol. The van der Waals surface area contributed by atoms with Crippen molar-refractivity contribution < 1.29 is 4.74 Å². The van der Waals surface area contributed by atoms with Crippen LogP contribution >= 0.6 is 0 Å². The highest BCUT2D eigenvalue weighted by Crippen LogP contribution is 2.29. The van der Waals surface area contributed by atoms with Crippen LogP contribution in [0, 0.1) is 0 Å². The number of hydrogen-bond donors (Lipinski definition) is 0. The quantitative estimate of drug-likeness (QED) is 0.833. The van der Waals surface area contributed by atoms with E-state index in [2.05, 4.69) is 72.5 Å². The van der Waals surface area contributed by atoms with E-state index in [4.69, 9.17) is 4.74 Å². The van der Waals surface area contributed by atoms with Crippen molar-refractivity contribution in [1.29, 1.82) is 0 Å². The van der Waals surface area contributed by atoms with Crippen molar-refractivity contribution in [2.24, 2.45) is 0 Å². The Morgan fingerprint density at radius 2 is 1.65 bits per heavy atom. The van der Waals surface area contributed by atoms with Gasteiger partial charge in [-0.2, -0.15) is 0 Å². The van der Waals surface area contributed by atoms with Gasteiger partial charge in [0.05, 0.1) is 6.10 Å². The molecule has 0 aromatic heterocycles. The third-order valence-electron chi connectivity index (χ3n) is 4.02. The molecule has 2 aromatic carbocycles. The Bertz CT molecular complexity index is 526. The number of rotatable bonds is 3. The van der Waals surface area contributed by atoms with Gasteiger partial charge in [0.1, 0.15) is 6.73 Å². The second-order valence-electron chi connectivity index (χ2n) is 5.51. The van der Waals surface area contributed by atoms with Gasteiger partial charge in [-0.1, -0.05) is 60.7 Å². The van der Waals surface area contributed by atoms with Gasteiger partial charge >= 0.3 is 0 Å². The molecule has 1 aliphatic heterocycles. The summed E-state index contributed by atoms with van der Waals surface area (Å²) >= 11 is 0. The first kappa shape index (κ1) is 13.3. The molecule has 1 heterocycles. The van der Waals surface area contributed by atoms with Crippen molar-refractivity contribution in [3.8, 4) is 0 Å². The maximum atomic E-state index is 6.05. The number of ether oxygens (including phenoxy) is 1. The first-order chi connectivity index (χ1) is 9.83. The Hall–Kier alpha value is -1.64. The molecule has 20 heavy (non-hydrogen) atoms. The summed E-state index contributed by atoms with van der Waals surface area (Å²) in [5, 5.41) is 0. The summed E-state index contributed by atoms with van der Waals surface area (Å²) in [5.41, 5.74) is 2.64. The van der Waals surface area contributed by atoms with Crippen LogP contribution in [0.1, 0.15) is 30.6 Å².